The Morgan fingerprint density at radius 3 is 1.85 bits per heavy atom. The monoisotopic (exact) mass is 186 g/mol. The van der Waals surface area contributed by atoms with Crippen LogP contribution in [0, 0.1) is 0 Å². The van der Waals surface area contributed by atoms with Gasteiger partial charge in [0.15, 0.2) is 0 Å². The molecule has 1 heterocycles. The summed E-state index contributed by atoms with van der Waals surface area (Å²) in [5.41, 5.74) is 1.42. The molecule has 0 aromatic heterocycles. The van der Waals surface area contributed by atoms with E-state index in [9.17, 15) is 4.79 Å². The van der Waals surface area contributed by atoms with Crippen molar-refractivity contribution < 1.29 is 14.6 Å². The Morgan fingerprint density at radius 2 is 1.77 bits per heavy atom. The van der Waals surface area contributed by atoms with Crippen LogP contribution in [-0.2, 0) is 9.53 Å². The quantitative estimate of drug-likeness (QED) is 0.672. The lowest BCUT2D eigenvalue weighted by molar-refractivity contribution is -0.132. The first-order chi connectivity index (χ1) is 6.09. The predicted molar refractivity (Wildman–Crippen MR) is 51.7 cm³/mol. The van der Waals surface area contributed by atoms with Gasteiger partial charge in [0.05, 0.1) is 0 Å². The van der Waals surface area contributed by atoms with Crippen molar-refractivity contribution in [1.82, 2.24) is 0 Å². The zero-order valence-electron chi connectivity index (χ0n) is 8.59. The van der Waals surface area contributed by atoms with E-state index in [0.717, 1.165) is 25.2 Å². The standard InChI is InChI=1S/C7H12O2.C3H6O/c1-4-5(2)6(3)7(8)9;1-2-4-3-1/h4H2,1-3H3,(H,8,9);1-3H2. The minimum atomic E-state index is -0.811. The molecule has 1 rings (SSSR count). The normalized spacial score (nSPS) is 16.2. The number of rotatable bonds is 2. The minimum Gasteiger partial charge on any atom is -0.478 e. The Labute approximate surface area is 79.4 Å². The molecule has 0 spiro atoms. The van der Waals surface area contributed by atoms with Crippen LogP contribution in [0.25, 0.3) is 0 Å². The highest BCUT2D eigenvalue weighted by molar-refractivity contribution is 5.86. The molecule has 0 amide bonds. The summed E-state index contributed by atoms with van der Waals surface area (Å²) in [6.07, 6.45) is 2.10. The lowest BCUT2D eigenvalue weighted by Crippen LogP contribution is -2.09. The van der Waals surface area contributed by atoms with Gasteiger partial charge in [-0.25, -0.2) is 4.79 Å². The van der Waals surface area contributed by atoms with Crippen molar-refractivity contribution in [2.75, 3.05) is 13.2 Å². The van der Waals surface area contributed by atoms with E-state index >= 15 is 0 Å². The van der Waals surface area contributed by atoms with E-state index in [0.29, 0.717) is 5.57 Å². The second kappa shape index (κ2) is 6.66. The maximum atomic E-state index is 10.2. The van der Waals surface area contributed by atoms with Gasteiger partial charge in [0.25, 0.3) is 0 Å². The molecule has 0 bridgehead atoms. The third-order valence-corrected chi connectivity index (χ3v) is 2.07. The topological polar surface area (TPSA) is 46.5 Å². The maximum Gasteiger partial charge on any atom is 0.331 e. The van der Waals surface area contributed by atoms with E-state index in [1.54, 1.807) is 6.92 Å². The van der Waals surface area contributed by atoms with Crippen molar-refractivity contribution in [2.45, 2.75) is 33.6 Å². The largest absolute Gasteiger partial charge is 0.478 e. The van der Waals surface area contributed by atoms with Crippen LogP contribution in [0.4, 0.5) is 0 Å². The van der Waals surface area contributed by atoms with E-state index in [1.807, 2.05) is 13.8 Å². The smallest absolute Gasteiger partial charge is 0.331 e. The summed E-state index contributed by atoms with van der Waals surface area (Å²) in [7, 11) is 0. The molecule has 1 N–H and O–H groups in total. The van der Waals surface area contributed by atoms with Gasteiger partial charge in [-0.2, -0.15) is 0 Å². The fourth-order valence-electron chi connectivity index (χ4n) is 0.592. The molecule has 0 aliphatic carbocycles. The maximum absolute atomic E-state index is 10.2. The van der Waals surface area contributed by atoms with Crippen LogP contribution in [0.1, 0.15) is 33.6 Å². The third kappa shape index (κ3) is 5.42. The molecule has 76 valence electrons. The summed E-state index contributed by atoms with van der Waals surface area (Å²) in [4.78, 5) is 10.2. The molecule has 3 nitrogen and oxygen atoms in total. The lowest BCUT2D eigenvalue weighted by Gasteiger charge is -2.09. The van der Waals surface area contributed by atoms with Crippen LogP contribution in [0.2, 0.25) is 0 Å². The molecular weight excluding hydrogens is 168 g/mol. The van der Waals surface area contributed by atoms with Gasteiger partial charge in [-0.05, 0) is 26.7 Å². The first-order valence-corrected chi connectivity index (χ1v) is 4.57. The third-order valence-electron chi connectivity index (χ3n) is 2.07. The molecule has 0 aromatic carbocycles. The average molecular weight is 186 g/mol. The van der Waals surface area contributed by atoms with Crippen LogP contribution in [0.15, 0.2) is 11.1 Å². The van der Waals surface area contributed by atoms with Crippen LogP contribution in [-0.4, -0.2) is 24.3 Å². The Bertz CT molecular complexity index is 186. The van der Waals surface area contributed by atoms with E-state index < -0.39 is 5.97 Å². The lowest BCUT2D eigenvalue weighted by atomic mass is 10.1. The highest BCUT2D eigenvalue weighted by Gasteiger charge is 2.01. The molecule has 0 saturated carbocycles. The highest BCUT2D eigenvalue weighted by Crippen LogP contribution is 2.05. The molecule has 0 aromatic rings. The van der Waals surface area contributed by atoms with E-state index in [4.69, 9.17) is 9.84 Å². The van der Waals surface area contributed by atoms with Crippen molar-refractivity contribution in [3.63, 3.8) is 0 Å². The van der Waals surface area contributed by atoms with E-state index in [2.05, 4.69) is 0 Å². The summed E-state index contributed by atoms with van der Waals surface area (Å²) in [5.74, 6) is -0.811. The van der Waals surface area contributed by atoms with Crippen LogP contribution in [0.5, 0.6) is 0 Å². The number of carboxylic acids is 1. The highest BCUT2D eigenvalue weighted by atomic mass is 16.5. The van der Waals surface area contributed by atoms with Gasteiger partial charge in [0, 0.05) is 18.8 Å². The van der Waals surface area contributed by atoms with Crippen molar-refractivity contribution in [3.05, 3.63) is 11.1 Å². The molecule has 0 atom stereocenters. The first-order valence-electron chi connectivity index (χ1n) is 4.57. The number of allylic oxidation sites excluding steroid dienone is 1. The minimum absolute atomic E-state index is 0.470. The molecule has 0 unspecified atom stereocenters. The zero-order valence-corrected chi connectivity index (χ0v) is 8.59. The van der Waals surface area contributed by atoms with E-state index in [-0.39, 0.29) is 0 Å². The number of aliphatic carboxylic acids is 1. The Kier molecular flexibility index (Phi) is 6.24. The van der Waals surface area contributed by atoms with Crippen molar-refractivity contribution in [1.29, 1.82) is 0 Å². The average Bonchev–Trinajstić information content (AvgIpc) is 1.98. The SMILES string of the molecule is C1COC1.CCC(C)=C(C)C(=O)O. The summed E-state index contributed by atoms with van der Waals surface area (Å²) in [6, 6.07) is 0. The zero-order chi connectivity index (χ0) is 10.3. The van der Waals surface area contributed by atoms with Gasteiger partial charge < -0.3 is 9.84 Å². The van der Waals surface area contributed by atoms with Crippen LogP contribution in [0.3, 0.4) is 0 Å². The molecule has 1 aliphatic rings. The van der Waals surface area contributed by atoms with Crippen LogP contribution < -0.4 is 0 Å². The summed E-state index contributed by atoms with van der Waals surface area (Å²) < 4.78 is 4.72. The van der Waals surface area contributed by atoms with Gasteiger partial charge in [0.2, 0.25) is 0 Å². The number of hydrogen-bond acceptors (Lipinski definition) is 2. The molecule has 13 heavy (non-hydrogen) atoms. The summed E-state index contributed by atoms with van der Waals surface area (Å²) in [6.45, 7) is 7.41. The number of carbonyl (C=O) groups is 1. The van der Waals surface area contributed by atoms with Crippen LogP contribution >= 0.6 is 0 Å². The fraction of sp³-hybridized carbons (Fsp3) is 0.700. The molecule has 1 fully saturated rings. The van der Waals surface area contributed by atoms with Crippen molar-refractivity contribution >= 4 is 5.97 Å². The molecular formula is C10H18O3. The Morgan fingerprint density at radius 1 is 1.38 bits per heavy atom. The second-order valence-electron chi connectivity index (χ2n) is 3.03. The second-order valence-corrected chi connectivity index (χ2v) is 3.03. The van der Waals surface area contributed by atoms with Gasteiger partial charge in [0.1, 0.15) is 0 Å². The Balaban J connectivity index is 0.000000293. The fourth-order valence-corrected chi connectivity index (χ4v) is 0.592. The number of hydrogen-bond donors (Lipinski definition) is 1. The summed E-state index contributed by atoms with van der Waals surface area (Å²) in [5, 5.41) is 8.43. The van der Waals surface area contributed by atoms with Crippen molar-refractivity contribution in [2.24, 2.45) is 0 Å². The van der Waals surface area contributed by atoms with E-state index in [1.165, 1.54) is 6.42 Å². The molecule has 3 heteroatoms. The van der Waals surface area contributed by atoms with Gasteiger partial charge in [-0.1, -0.05) is 12.5 Å². The molecule has 1 aliphatic heterocycles. The summed E-state index contributed by atoms with van der Waals surface area (Å²) >= 11 is 0. The van der Waals surface area contributed by atoms with Gasteiger partial charge in [-0.15, -0.1) is 0 Å². The number of carboxylic acid groups (broad SMARTS) is 1. The van der Waals surface area contributed by atoms with Crippen molar-refractivity contribution in [3.8, 4) is 0 Å². The Hall–Kier alpha value is -0.830. The van der Waals surface area contributed by atoms with Gasteiger partial charge in [-0.3, -0.25) is 0 Å². The first kappa shape index (κ1) is 12.2. The molecule has 0 radical (unpaired) electrons. The molecule has 1 saturated heterocycles. The predicted octanol–water partition coefficient (Wildman–Crippen LogP) is 2.22. The number of ether oxygens (including phenoxy) is 1. The van der Waals surface area contributed by atoms with Gasteiger partial charge >= 0.3 is 5.97 Å².